The van der Waals surface area contributed by atoms with E-state index < -0.39 is 17.7 Å². The van der Waals surface area contributed by atoms with Gasteiger partial charge in [0.2, 0.25) is 0 Å². The van der Waals surface area contributed by atoms with Crippen LogP contribution in [0.3, 0.4) is 0 Å². The first-order valence-electron chi connectivity index (χ1n) is 6.84. The van der Waals surface area contributed by atoms with Crippen molar-refractivity contribution in [2.45, 2.75) is 6.92 Å². The maximum atomic E-state index is 13.0. The Balaban J connectivity index is 1.76. The van der Waals surface area contributed by atoms with E-state index in [4.69, 9.17) is 16.3 Å². The van der Waals surface area contributed by atoms with Gasteiger partial charge in [-0.05, 0) is 36.8 Å². The standard InChI is InChI=1S/C16H15ClF2N2O2/c1-10-2-3-11(17)8-15(10)21-16(22)20-6-7-23-12-4-5-13(18)14(19)9-12/h2-5,8-9H,6-7H2,1H3,(H2,20,21,22). The van der Waals surface area contributed by atoms with Gasteiger partial charge in [-0.2, -0.15) is 0 Å². The molecule has 122 valence electrons. The Hall–Kier alpha value is -2.34. The number of benzene rings is 2. The molecule has 23 heavy (non-hydrogen) atoms. The Morgan fingerprint density at radius 2 is 1.96 bits per heavy atom. The predicted octanol–water partition coefficient (Wildman–Crippen LogP) is 4.13. The summed E-state index contributed by atoms with van der Waals surface area (Å²) in [7, 11) is 0. The molecule has 0 aliphatic carbocycles. The highest BCUT2D eigenvalue weighted by atomic mass is 35.5. The molecule has 0 fully saturated rings. The smallest absolute Gasteiger partial charge is 0.319 e. The van der Waals surface area contributed by atoms with Gasteiger partial charge in [-0.3, -0.25) is 0 Å². The van der Waals surface area contributed by atoms with E-state index in [1.807, 2.05) is 6.92 Å². The van der Waals surface area contributed by atoms with Crippen LogP contribution in [0.15, 0.2) is 36.4 Å². The van der Waals surface area contributed by atoms with Crippen LogP contribution in [-0.4, -0.2) is 19.2 Å². The molecule has 2 N–H and O–H groups in total. The zero-order valence-electron chi connectivity index (χ0n) is 12.3. The molecule has 0 radical (unpaired) electrons. The van der Waals surface area contributed by atoms with Crippen LogP contribution < -0.4 is 15.4 Å². The van der Waals surface area contributed by atoms with Crippen molar-refractivity contribution >= 4 is 23.3 Å². The van der Waals surface area contributed by atoms with Gasteiger partial charge >= 0.3 is 6.03 Å². The third-order valence-electron chi connectivity index (χ3n) is 3.00. The van der Waals surface area contributed by atoms with Gasteiger partial charge in [0.1, 0.15) is 12.4 Å². The van der Waals surface area contributed by atoms with E-state index in [2.05, 4.69) is 10.6 Å². The van der Waals surface area contributed by atoms with Gasteiger partial charge in [0.05, 0.1) is 6.54 Å². The van der Waals surface area contributed by atoms with E-state index in [0.717, 1.165) is 17.7 Å². The number of ether oxygens (including phenoxy) is 1. The van der Waals surface area contributed by atoms with Crippen molar-refractivity contribution < 1.29 is 18.3 Å². The summed E-state index contributed by atoms with van der Waals surface area (Å²) in [5, 5.41) is 5.78. The average molecular weight is 341 g/mol. The number of nitrogens with one attached hydrogen (secondary N) is 2. The summed E-state index contributed by atoms with van der Waals surface area (Å²) in [5.41, 5.74) is 1.49. The van der Waals surface area contributed by atoms with Gasteiger partial charge < -0.3 is 15.4 Å². The van der Waals surface area contributed by atoms with Crippen molar-refractivity contribution in [3.8, 4) is 5.75 Å². The number of rotatable bonds is 5. The Kier molecular flexibility index (Phi) is 5.76. The number of carbonyl (C=O) groups is 1. The second kappa shape index (κ2) is 7.78. The van der Waals surface area contributed by atoms with E-state index in [0.29, 0.717) is 10.7 Å². The monoisotopic (exact) mass is 340 g/mol. The predicted molar refractivity (Wildman–Crippen MR) is 85.1 cm³/mol. The van der Waals surface area contributed by atoms with Gasteiger partial charge in [0, 0.05) is 16.8 Å². The fraction of sp³-hybridized carbons (Fsp3) is 0.188. The number of urea groups is 1. The van der Waals surface area contributed by atoms with Crippen molar-refractivity contribution in [2.24, 2.45) is 0 Å². The topological polar surface area (TPSA) is 50.4 Å². The molecule has 0 atom stereocenters. The zero-order valence-corrected chi connectivity index (χ0v) is 13.1. The van der Waals surface area contributed by atoms with Gasteiger partial charge in [-0.25, -0.2) is 13.6 Å². The van der Waals surface area contributed by atoms with Crippen LogP contribution in [0.1, 0.15) is 5.56 Å². The first-order valence-corrected chi connectivity index (χ1v) is 7.22. The molecule has 4 nitrogen and oxygen atoms in total. The number of aryl methyl sites for hydroxylation is 1. The Labute approximate surface area is 137 Å². The van der Waals surface area contributed by atoms with Crippen LogP contribution in [0.5, 0.6) is 5.75 Å². The molecule has 0 bridgehead atoms. The van der Waals surface area contributed by atoms with E-state index >= 15 is 0 Å². The van der Waals surface area contributed by atoms with Crippen molar-refractivity contribution in [3.05, 3.63) is 58.6 Å². The SMILES string of the molecule is Cc1ccc(Cl)cc1NC(=O)NCCOc1ccc(F)c(F)c1. The average Bonchev–Trinajstić information content (AvgIpc) is 2.51. The summed E-state index contributed by atoms with van der Waals surface area (Å²) in [5.74, 6) is -1.73. The Morgan fingerprint density at radius 1 is 1.17 bits per heavy atom. The number of hydrogen-bond donors (Lipinski definition) is 2. The van der Waals surface area contributed by atoms with Gasteiger partial charge in [-0.1, -0.05) is 17.7 Å². The third-order valence-corrected chi connectivity index (χ3v) is 3.23. The fourth-order valence-corrected chi connectivity index (χ4v) is 1.97. The maximum absolute atomic E-state index is 13.0. The van der Waals surface area contributed by atoms with Crippen LogP contribution in [0, 0.1) is 18.6 Å². The highest BCUT2D eigenvalue weighted by Gasteiger charge is 2.06. The van der Waals surface area contributed by atoms with E-state index in [1.54, 1.807) is 18.2 Å². The molecule has 0 saturated heterocycles. The van der Waals surface area contributed by atoms with Crippen LogP contribution in [0.2, 0.25) is 5.02 Å². The lowest BCUT2D eigenvalue weighted by atomic mass is 10.2. The largest absolute Gasteiger partial charge is 0.492 e. The molecule has 0 spiro atoms. The molecule has 0 aliphatic heterocycles. The number of carbonyl (C=O) groups excluding carboxylic acids is 1. The minimum atomic E-state index is -0.982. The fourth-order valence-electron chi connectivity index (χ4n) is 1.80. The van der Waals surface area contributed by atoms with Gasteiger partial charge in [-0.15, -0.1) is 0 Å². The highest BCUT2D eigenvalue weighted by Crippen LogP contribution is 2.20. The van der Waals surface area contributed by atoms with Crippen LogP contribution in [0.25, 0.3) is 0 Å². The first kappa shape index (κ1) is 17.0. The molecule has 7 heteroatoms. The molecular weight excluding hydrogens is 326 g/mol. The number of halogens is 3. The minimum absolute atomic E-state index is 0.118. The molecule has 0 aliphatic rings. The van der Waals surface area contributed by atoms with Crippen molar-refractivity contribution in [1.82, 2.24) is 5.32 Å². The molecule has 0 saturated carbocycles. The zero-order chi connectivity index (χ0) is 16.8. The summed E-state index contributed by atoms with van der Waals surface area (Å²) in [6.45, 7) is 2.16. The molecule has 0 aromatic heterocycles. The van der Waals surface area contributed by atoms with E-state index in [-0.39, 0.29) is 18.9 Å². The van der Waals surface area contributed by atoms with Gasteiger partial charge in [0.25, 0.3) is 0 Å². The molecule has 2 aromatic carbocycles. The van der Waals surface area contributed by atoms with Crippen LogP contribution in [0.4, 0.5) is 19.3 Å². The third kappa shape index (κ3) is 5.10. The summed E-state index contributed by atoms with van der Waals surface area (Å²) in [6, 6.07) is 8.00. The molecule has 2 amide bonds. The quantitative estimate of drug-likeness (QED) is 0.804. The lowest BCUT2D eigenvalue weighted by molar-refractivity contribution is 0.247. The summed E-state index contributed by atoms with van der Waals surface area (Å²) in [6.07, 6.45) is 0. The summed E-state index contributed by atoms with van der Waals surface area (Å²) >= 11 is 5.87. The first-order chi connectivity index (χ1) is 11.0. The lowest BCUT2D eigenvalue weighted by Gasteiger charge is -2.11. The molecule has 2 rings (SSSR count). The second-order valence-corrected chi connectivity index (χ2v) is 5.20. The maximum Gasteiger partial charge on any atom is 0.319 e. The number of amides is 2. The molecule has 2 aromatic rings. The lowest BCUT2D eigenvalue weighted by Crippen LogP contribution is -2.32. The molecule has 0 unspecified atom stereocenters. The van der Waals surface area contributed by atoms with Crippen molar-refractivity contribution in [2.75, 3.05) is 18.5 Å². The van der Waals surface area contributed by atoms with Gasteiger partial charge in [0.15, 0.2) is 11.6 Å². The van der Waals surface area contributed by atoms with E-state index in [9.17, 15) is 13.6 Å². The normalized spacial score (nSPS) is 10.3. The second-order valence-electron chi connectivity index (χ2n) is 4.76. The Bertz CT molecular complexity index is 710. The van der Waals surface area contributed by atoms with Crippen LogP contribution >= 0.6 is 11.6 Å². The molecular formula is C16H15ClF2N2O2. The van der Waals surface area contributed by atoms with E-state index in [1.165, 1.54) is 6.07 Å². The number of hydrogen-bond acceptors (Lipinski definition) is 2. The van der Waals surface area contributed by atoms with Crippen LogP contribution in [-0.2, 0) is 0 Å². The van der Waals surface area contributed by atoms with Crippen molar-refractivity contribution in [3.63, 3.8) is 0 Å². The minimum Gasteiger partial charge on any atom is -0.492 e. The molecule has 0 heterocycles. The summed E-state index contributed by atoms with van der Waals surface area (Å²) in [4.78, 5) is 11.8. The highest BCUT2D eigenvalue weighted by molar-refractivity contribution is 6.31. The summed E-state index contributed by atoms with van der Waals surface area (Å²) < 4.78 is 31.0. The number of anilines is 1. The Morgan fingerprint density at radius 3 is 2.70 bits per heavy atom. The van der Waals surface area contributed by atoms with Crippen molar-refractivity contribution in [1.29, 1.82) is 0 Å².